The van der Waals surface area contributed by atoms with Crippen molar-refractivity contribution in [3.05, 3.63) is 35.4 Å². The number of carboxylic acid groups (broad SMARTS) is 1. The number of imidazole rings is 1. The lowest BCUT2D eigenvalue weighted by atomic mass is 9.87. The monoisotopic (exact) mass is 511 g/mol. The largest absolute Gasteiger partial charge is 0.481 e. The molecule has 0 spiro atoms. The summed E-state index contributed by atoms with van der Waals surface area (Å²) in [5.41, 5.74) is 3.89. The Kier molecular flexibility index (Phi) is 7.00. The molecule has 1 saturated heterocycles. The molecule has 2 fully saturated rings. The lowest BCUT2D eigenvalue weighted by Gasteiger charge is -2.33. The maximum Gasteiger partial charge on any atom is 0.306 e. The molecule has 1 amide bonds. The van der Waals surface area contributed by atoms with E-state index in [0.29, 0.717) is 53.6 Å². The summed E-state index contributed by atoms with van der Waals surface area (Å²) in [6.07, 6.45) is 4.38. The number of aromatic amines is 1. The van der Waals surface area contributed by atoms with Crippen molar-refractivity contribution < 1.29 is 19.4 Å². The lowest BCUT2D eigenvalue weighted by Crippen LogP contribution is -2.44. The molecule has 5 rings (SSSR count). The quantitative estimate of drug-likeness (QED) is 0.448. The number of ether oxygens (including phenoxy) is 1. The lowest BCUT2D eigenvalue weighted by molar-refractivity contribution is -0.143. The molecule has 2 aromatic heterocycles. The van der Waals surface area contributed by atoms with Gasteiger partial charge in [-0.1, -0.05) is 23.7 Å². The molecule has 3 aromatic rings. The Morgan fingerprint density at radius 2 is 1.78 bits per heavy atom. The van der Waals surface area contributed by atoms with E-state index in [9.17, 15) is 14.7 Å². The maximum absolute atomic E-state index is 11.3. The number of pyridine rings is 1. The van der Waals surface area contributed by atoms with Crippen LogP contribution < -0.4 is 15.0 Å². The van der Waals surface area contributed by atoms with E-state index in [1.54, 1.807) is 13.0 Å². The highest BCUT2D eigenvalue weighted by molar-refractivity contribution is 6.33. The number of nitrogens with one attached hydrogen (secondary N) is 2. The van der Waals surface area contributed by atoms with Gasteiger partial charge < -0.3 is 25.0 Å². The van der Waals surface area contributed by atoms with E-state index in [4.69, 9.17) is 16.3 Å². The number of anilines is 1. The van der Waals surface area contributed by atoms with E-state index >= 15 is 0 Å². The van der Waals surface area contributed by atoms with Crippen molar-refractivity contribution in [1.82, 2.24) is 20.3 Å². The highest BCUT2D eigenvalue weighted by Crippen LogP contribution is 2.32. The first-order chi connectivity index (χ1) is 17.4. The number of aliphatic carboxylic acids is 1. The number of fused-ring (bicyclic) bond motifs is 1. The van der Waals surface area contributed by atoms with Gasteiger partial charge in [0, 0.05) is 37.3 Å². The summed E-state index contributed by atoms with van der Waals surface area (Å²) in [5.74, 6) is -0.994. The van der Waals surface area contributed by atoms with Crippen LogP contribution in [0.15, 0.2) is 30.3 Å². The number of aromatic nitrogens is 3. The summed E-state index contributed by atoms with van der Waals surface area (Å²) < 4.78 is 5.99. The number of carbonyl (C=O) groups is 2. The number of H-pyrrole nitrogens is 1. The van der Waals surface area contributed by atoms with Crippen LogP contribution in [-0.2, 0) is 9.59 Å². The van der Waals surface area contributed by atoms with E-state index < -0.39 is 5.97 Å². The molecule has 1 saturated carbocycles. The van der Waals surface area contributed by atoms with Gasteiger partial charge in [-0.3, -0.25) is 9.59 Å². The number of hydrogen-bond donors (Lipinski definition) is 3. The highest BCUT2D eigenvalue weighted by Gasteiger charge is 2.27. The van der Waals surface area contributed by atoms with Crippen molar-refractivity contribution in [2.24, 2.45) is 5.92 Å². The minimum absolute atomic E-state index is 0.0256. The molecule has 0 unspecified atom stereocenters. The Morgan fingerprint density at radius 1 is 1.08 bits per heavy atom. The predicted molar refractivity (Wildman–Crippen MR) is 137 cm³/mol. The van der Waals surface area contributed by atoms with Crippen LogP contribution in [-0.4, -0.2) is 57.2 Å². The molecule has 3 heterocycles. The Labute approximate surface area is 214 Å². The predicted octanol–water partition coefficient (Wildman–Crippen LogP) is 4.41. The van der Waals surface area contributed by atoms with Gasteiger partial charge in [-0.2, -0.15) is 4.98 Å². The van der Waals surface area contributed by atoms with E-state index in [0.717, 1.165) is 37.2 Å². The third kappa shape index (κ3) is 5.41. The van der Waals surface area contributed by atoms with Crippen LogP contribution in [0.1, 0.15) is 45.4 Å². The number of amides is 1. The zero-order valence-corrected chi connectivity index (χ0v) is 20.9. The van der Waals surface area contributed by atoms with Crippen molar-refractivity contribution in [2.75, 3.05) is 18.0 Å². The number of benzene rings is 1. The van der Waals surface area contributed by atoms with Crippen LogP contribution in [0.4, 0.5) is 5.69 Å². The number of nitrogens with zero attached hydrogens (tertiary/aromatic N) is 3. The van der Waals surface area contributed by atoms with Crippen molar-refractivity contribution in [3.63, 3.8) is 0 Å². The smallest absolute Gasteiger partial charge is 0.306 e. The number of carbonyl (C=O) groups excluding carboxylic acids is 1. The molecule has 1 aliphatic heterocycles. The average Bonchev–Trinajstić information content (AvgIpc) is 3.25. The van der Waals surface area contributed by atoms with Crippen LogP contribution in [0.3, 0.4) is 0 Å². The second kappa shape index (κ2) is 10.3. The van der Waals surface area contributed by atoms with Crippen LogP contribution >= 0.6 is 11.6 Å². The first kappa shape index (κ1) is 24.4. The summed E-state index contributed by atoms with van der Waals surface area (Å²) in [4.78, 5) is 37.1. The van der Waals surface area contributed by atoms with E-state index in [1.165, 1.54) is 0 Å². The van der Waals surface area contributed by atoms with Crippen LogP contribution in [0, 0.1) is 5.92 Å². The molecule has 9 nitrogen and oxygen atoms in total. The molecule has 2 aliphatic rings. The third-order valence-corrected chi connectivity index (χ3v) is 7.40. The van der Waals surface area contributed by atoms with Crippen molar-refractivity contribution >= 4 is 40.3 Å². The van der Waals surface area contributed by atoms with Gasteiger partial charge in [-0.05, 0) is 56.7 Å². The fourth-order valence-corrected chi connectivity index (χ4v) is 5.40. The fourth-order valence-electron chi connectivity index (χ4n) is 5.14. The molecule has 36 heavy (non-hydrogen) atoms. The molecule has 0 bridgehead atoms. The molecular weight excluding hydrogens is 482 g/mol. The Morgan fingerprint density at radius 3 is 2.42 bits per heavy atom. The summed E-state index contributed by atoms with van der Waals surface area (Å²) in [6.45, 7) is 3.35. The van der Waals surface area contributed by atoms with Gasteiger partial charge in [0.05, 0.1) is 22.2 Å². The van der Waals surface area contributed by atoms with E-state index in [2.05, 4.69) is 37.3 Å². The number of rotatable bonds is 6. The number of piperidine rings is 1. The Hall–Kier alpha value is -3.33. The maximum atomic E-state index is 11.3. The molecular formula is C26H30ClN5O4. The minimum Gasteiger partial charge on any atom is -0.481 e. The Balaban J connectivity index is 1.26. The molecule has 0 atom stereocenters. The minimum atomic E-state index is -0.733. The first-order valence-corrected chi connectivity index (χ1v) is 12.8. The van der Waals surface area contributed by atoms with E-state index in [1.807, 2.05) is 12.1 Å². The van der Waals surface area contributed by atoms with Gasteiger partial charge in [-0.25, -0.2) is 4.98 Å². The molecule has 1 aliphatic carbocycles. The average molecular weight is 512 g/mol. The van der Waals surface area contributed by atoms with Crippen molar-refractivity contribution in [1.29, 1.82) is 0 Å². The summed E-state index contributed by atoms with van der Waals surface area (Å²) in [7, 11) is 0. The summed E-state index contributed by atoms with van der Waals surface area (Å²) in [6, 6.07) is 10.6. The van der Waals surface area contributed by atoms with Gasteiger partial charge in [0.1, 0.15) is 6.10 Å². The van der Waals surface area contributed by atoms with Gasteiger partial charge in [0.15, 0.2) is 5.65 Å². The topological polar surface area (TPSA) is 120 Å². The zero-order chi connectivity index (χ0) is 25.2. The molecule has 10 heteroatoms. The SMILES string of the molecule is CC(=O)NC1CCN(c2ccc(-c3nc4nc(O[C@H]5CC[C@H](C(=O)O)CC5)[nH]c4cc3Cl)cc2)CC1. The fraction of sp³-hybridized carbons (Fsp3) is 0.462. The highest BCUT2D eigenvalue weighted by atomic mass is 35.5. The second-order valence-corrected chi connectivity index (χ2v) is 10.1. The number of carboxylic acids is 1. The normalized spacial score (nSPS) is 20.9. The second-order valence-electron chi connectivity index (χ2n) is 9.67. The van der Waals surface area contributed by atoms with Gasteiger partial charge in [-0.15, -0.1) is 0 Å². The van der Waals surface area contributed by atoms with E-state index in [-0.39, 0.29) is 24.0 Å². The van der Waals surface area contributed by atoms with Gasteiger partial charge >= 0.3 is 5.97 Å². The number of hydrogen-bond acceptors (Lipinski definition) is 6. The van der Waals surface area contributed by atoms with Crippen LogP contribution in [0.25, 0.3) is 22.4 Å². The van der Waals surface area contributed by atoms with Crippen molar-refractivity contribution in [2.45, 2.75) is 57.6 Å². The molecule has 1 aromatic carbocycles. The summed E-state index contributed by atoms with van der Waals surface area (Å²) in [5, 5.41) is 12.7. The molecule has 190 valence electrons. The van der Waals surface area contributed by atoms with Crippen molar-refractivity contribution in [3.8, 4) is 17.3 Å². The van der Waals surface area contributed by atoms with Crippen LogP contribution in [0.2, 0.25) is 5.02 Å². The Bertz CT molecular complexity index is 1250. The molecule has 3 N–H and O–H groups in total. The van der Waals surface area contributed by atoms with Gasteiger partial charge in [0.25, 0.3) is 6.01 Å². The van der Waals surface area contributed by atoms with Crippen LogP contribution in [0.5, 0.6) is 6.01 Å². The third-order valence-electron chi connectivity index (χ3n) is 7.11. The first-order valence-electron chi connectivity index (χ1n) is 12.4. The summed E-state index contributed by atoms with van der Waals surface area (Å²) >= 11 is 6.58. The molecule has 0 radical (unpaired) electrons. The zero-order valence-electron chi connectivity index (χ0n) is 20.2. The standard InChI is InChI=1S/C26H30ClN5O4/c1-15(33)28-18-10-12-32(13-11-18)19-6-2-16(3-7-19)23-21(27)14-22-24(30-23)31-26(29-22)36-20-8-4-17(5-9-20)25(34)35/h2-3,6-7,14,17-18,20H,4-5,8-13H2,1H3,(H,28,33)(H,34,35)(H,29,30,31)/t17-,20-. The van der Waals surface area contributed by atoms with Gasteiger partial charge in [0.2, 0.25) is 5.91 Å². The number of halogens is 1.